The first-order chi connectivity index (χ1) is 8.04. The Labute approximate surface area is 107 Å². The molecule has 1 rings (SSSR count). The number of nitrogens with one attached hydrogen (secondary N) is 1. The van der Waals surface area contributed by atoms with Crippen molar-refractivity contribution in [1.82, 2.24) is 5.32 Å². The van der Waals surface area contributed by atoms with E-state index in [4.69, 9.17) is 16.3 Å². The fourth-order valence-electron chi connectivity index (χ4n) is 1.45. The number of halogens is 1. The van der Waals surface area contributed by atoms with Crippen LogP contribution in [-0.4, -0.2) is 19.1 Å². The lowest BCUT2D eigenvalue weighted by atomic mass is 10.1. The molecule has 17 heavy (non-hydrogen) atoms. The second-order valence-corrected chi connectivity index (χ2v) is 4.39. The van der Waals surface area contributed by atoms with E-state index in [1.807, 2.05) is 32.9 Å². The van der Waals surface area contributed by atoms with Crippen LogP contribution in [-0.2, 0) is 4.79 Å². The highest BCUT2D eigenvalue weighted by Gasteiger charge is 2.05. The molecule has 0 saturated heterocycles. The molecule has 0 aromatic heterocycles. The number of amides is 1. The third-order valence-corrected chi connectivity index (χ3v) is 2.95. The molecule has 0 radical (unpaired) electrons. The van der Waals surface area contributed by atoms with Gasteiger partial charge in [0, 0.05) is 11.6 Å². The Morgan fingerprint density at radius 1 is 1.35 bits per heavy atom. The van der Waals surface area contributed by atoms with Crippen LogP contribution in [0.25, 0.3) is 0 Å². The van der Waals surface area contributed by atoms with Gasteiger partial charge in [0.2, 0.25) is 0 Å². The number of hydrogen-bond donors (Lipinski definition) is 1. The van der Waals surface area contributed by atoms with Gasteiger partial charge in [-0.05, 0) is 43.5 Å². The fourth-order valence-corrected chi connectivity index (χ4v) is 1.56. The number of carbonyl (C=O) groups is 1. The molecule has 0 aliphatic carbocycles. The van der Waals surface area contributed by atoms with E-state index in [1.54, 1.807) is 0 Å². The largest absolute Gasteiger partial charge is 0.484 e. The number of carbonyl (C=O) groups excluding carboxylic acids is 1. The molecule has 1 N–H and O–H groups in total. The van der Waals surface area contributed by atoms with E-state index in [-0.39, 0.29) is 12.5 Å². The van der Waals surface area contributed by atoms with Crippen molar-refractivity contribution in [3.05, 3.63) is 28.3 Å². The zero-order valence-corrected chi connectivity index (χ0v) is 11.2. The van der Waals surface area contributed by atoms with E-state index in [9.17, 15) is 4.79 Å². The average molecular weight is 256 g/mol. The Hall–Kier alpha value is -1.22. The van der Waals surface area contributed by atoms with Crippen molar-refractivity contribution in [1.29, 1.82) is 0 Å². The highest BCUT2D eigenvalue weighted by atomic mass is 35.5. The SMILES string of the molecule is CCCNC(=O)COc1cc(C)c(Cl)c(C)c1. The van der Waals surface area contributed by atoms with E-state index in [0.717, 1.165) is 22.6 Å². The summed E-state index contributed by atoms with van der Waals surface area (Å²) >= 11 is 6.05. The van der Waals surface area contributed by atoms with Crippen LogP contribution in [0.1, 0.15) is 24.5 Å². The van der Waals surface area contributed by atoms with E-state index in [1.165, 1.54) is 0 Å². The zero-order chi connectivity index (χ0) is 12.8. The Bertz CT molecular complexity index is 381. The summed E-state index contributed by atoms with van der Waals surface area (Å²) in [5.41, 5.74) is 1.91. The molecule has 0 aliphatic rings. The maximum Gasteiger partial charge on any atom is 0.257 e. The molecule has 0 heterocycles. The van der Waals surface area contributed by atoms with Gasteiger partial charge in [-0.15, -0.1) is 0 Å². The first-order valence-corrected chi connectivity index (χ1v) is 6.08. The van der Waals surface area contributed by atoms with Gasteiger partial charge in [0.05, 0.1) is 0 Å². The lowest BCUT2D eigenvalue weighted by Gasteiger charge is -2.10. The fraction of sp³-hybridized carbons (Fsp3) is 0.462. The highest BCUT2D eigenvalue weighted by molar-refractivity contribution is 6.32. The summed E-state index contributed by atoms with van der Waals surface area (Å²) in [6.45, 7) is 6.56. The second-order valence-electron chi connectivity index (χ2n) is 4.01. The van der Waals surface area contributed by atoms with Crippen LogP contribution in [0.2, 0.25) is 5.02 Å². The second kappa shape index (κ2) is 6.50. The highest BCUT2D eigenvalue weighted by Crippen LogP contribution is 2.25. The predicted octanol–water partition coefficient (Wildman–Crippen LogP) is 2.86. The molecule has 1 amide bonds. The number of aryl methyl sites for hydroxylation is 2. The molecule has 0 saturated carbocycles. The molecule has 1 aromatic carbocycles. The minimum absolute atomic E-state index is 0.0422. The maximum absolute atomic E-state index is 11.3. The van der Waals surface area contributed by atoms with Crippen molar-refractivity contribution in [3.8, 4) is 5.75 Å². The lowest BCUT2D eigenvalue weighted by molar-refractivity contribution is -0.123. The molecule has 0 unspecified atom stereocenters. The minimum atomic E-state index is -0.0999. The van der Waals surface area contributed by atoms with Crippen molar-refractivity contribution < 1.29 is 9.53 Å². The summed E-state index contributed by atoms with van der Waals surface area (Å²) in [4.78, 5) is 11.3. The number of rotatable bonds is 5. The van der Waals surface area contributed by atoms with Crippen molar-refractivity contribution in [2.45, 2.75) is 27.2 Å². The van der Waals surface area contributed by atoms with Gasteiger partial charge in [-0.3, -0.25) is 4.79 Å². The molecule has 0 aliphatic heterocycles. The van der Waals surface area contributed by atoms with E-state index in [0.29, 0.717) is 12.3 Å². The smallest absolute Gasteiger partial charge is 0.257 e. The molecule has 0 spiro atoms. The van der Waals surface area contributed by atoms with Crippen LogP contribution >= 0.6 is 11.6 Å². The first-order valence-electron chi connectivity index (χ1n) is 5.70. The molecule has 0 fully saturated rings. The number of hydrogen-bond acceptors (Lipinski definition) is 2. The normalized spacial score (nSPS) is 10.1. The predicted molar refractivity (Wildman–Crippen MR) is 69.7 cm³/mol. The van der Waals surface area contributed by atoms with Gasteiger partial charge < -0.3 is 10.1 Å². The summed E-state index contributed by atoms with van der Waals surface area (Å²) in [6, 6.07) is 3.67. The van der Waals surface area contributed by atoms with Gasteiger partial charge >= 0.3 is 0 Å². The number of ether oxygens (including phenoxy) is 1. The molecule has 1 aromatic rings. The van der Waals surface area contributed by atoms with Crippen LogP contribution in [0.4, 0.5) is 0 Å². The maximum atomic E-state index is 11.3. The molecular weight excluding hydrogens is 238 g/mol. The Kier molecular flexibility index (Phi) is 5.29. The quantitative estimate of drug-likeness (QED) is 0.879. The van der Waals surface area contributed by atoms with Crippen LogP contribution in [0.5, 0.6) is 5.75 Å². The number of benzene rings is 1. The molecular formula is C13H18ClNO2. The standard InChI is InChI=1S/C13H18ClNO2/c1-4-5-15-12(16)8-17-11-6-9(2)13(14)10(3)7-11/h6-7H,4-5,8H2,1-3H3,(H,15,16). The van der Waals surface area contributed by atoms with Gasteiger partial charge in [-0.2, -0.15) is 0 Å². The molecule has 94 valence electrons. The molecule has 4 heteroatoms. The Morgan fingerprint density at radius 3 is 2.47 bits per heavy atom. The van der Waals surface area contributed by atoms with Crippen molar-refractivity contribution in [3.63, 3.8) is 0 Å². The first kappa shape index (κ1) is 13.8. The van der Waals surface area contributed by atoms with E-state index in [2.05, 4.69) is 5.32 Å². The molecule has 0 bridgehead atoms. The monoisotopic (exact) mass is 255 g/mol. The van der Waals surface area contributed by atoms with Crippen LogP contribution in [0.3, 0.4) is 0 Å². The van der Waals surface area contributed by atoms with Crippen LogP contribution < -0.4 is 10.1 Å². The molecule has 0 atom stereocenters. The van der Waals surface area contributed by atoms with Gasteiger partial charge in [-0.25, -0.2) is 0 Å². The summed E-state index contributed by atoms with van der Waals surface area (Å²) in [5, 5.41) is 3.50. The molecule has 3 nitrogen and oxygen atoms in total. The van der Waals surface area contributed by atoms with Crippen molar-refractivity contribution in [2.24, 2.45) is 0 Å². The van der Waals surface area contributed by atoms with Crippen molar-refractivity contribution >= 4 is 17.5 Å². The summed E-state index contributed by atoms with van der Waals surface area (Å²) in [6.07, 6.45) is 0.922. The van der Waals surface area contributed by atoms with Gasteiger partial charge in [-0.1, -0.05) is 18.5 Å². The summed E-state index contributed by atoms with van der Waals surface area (Å²) < 4.78 is 5.41. The lowest BCUT2D eigenvalue weighted by Crippen LogP contribution is -2.29. The van der Waals surface area contributed by atoms with Crippen LogP contribution in [0.15, 0.2) is 12.1 Å². The van der Waals surface area contributed by atoms with Gasteiger partial charge in [0.1, 0.15) is 5.75 Å². The Balaban J connectivity index is 2.55. The minimum Gasteiger partial charge on any atom is -0.484 e. The van der Waals surface area contributed by atoms with E-state index < -0.39 is 0 Å². The van der Waals surface area contributed by atoms with Crippen molar-refractivity contribution in [2.75, 3.05) is 13.2 Å². The third-order valence-electron chi connectivity index (χ3n) is 2.35. The van der Waals surface area contributed by atoms with Gasteiger partial charge in [0.15, 0.2) is 6.61 Å². The topological polar surface area (TPSA) is 38.3 Å². The van der Waals surface area contributed by atoms with Crippen LogP contribution in [0, 0.1) is 13.8 Å². The van der Waals surface area contributed by atoms with Gasteiger partial charge in [0.25, 0.3) is 5.91 Å². The third kappa shape index (κ3) is 4.27. The van der Waals surface area contributed by atoms with E-state index >= 15 is 0 Å². The zero-order valence-electron chi connectivity index (χ0n) is 10.5. The Morgan fingerprint density at radius 2 is 1.94 bits per heavy atom. The summed E-state index contributed by atoms with van der Waals surface area (Å²) in [7, 11) is 0. The average Bonchev–Trinajstić information content (AvgIpc) is 2.30. The summed E-state index contributed by atoms with van der Waals surface area (Å²) in [5.74, 6) is 0.577.